The van der Waals surface area contributed by atoms with Crippen molar-refractivity contribution in [1.82, 2.24) is 0 Å². The molecule has 0 aromatic rings. The summed E-state index contributed by atoms with van der Waals surface area (Å²) in [5.41, 5.74) is 0. The van der Waals surface area contributed by atoms with Crippen molar-refractivity contribution in [2.75, 3.05) is 0 Å². The van der Waals surface area contributed by atoms with Gasteiger partial charge in [0.15, 0.2) is 0 Å². The zero-order valence-electron chi connectivity index (χ0n) is 4.25. The minimum absolute atomic E-state index is 0. The fourth-order valence-electron chi connectivity index (χ4n) is 0. The van der Waals surface area contributed by atoms with E-state index in [2.05, 4.69) is 0 Å². The van der Waals surface area contributed by atoms with Gasteiger partial charge in [-0.2, -0.15) is 8.42 Å². The van der Waals surface area contributed by atoms with Crippen LogP contribution in [0, 0.1) is 0 Å². The zero-order chi connectivity index (χ0) is 4.50. The standard InChI is InChI=1S/Li.H3O3PS.H/c;1-5(2,3)4;/h;4H2,(H,1,2,3);/q+1;;-1. The smallest absolute Gasteiger partial charge is 1.00 e. The van der Waals surface area contributed by atoms with Crippen molar-refractivity contribution in [1.29, 1.82) is 0 Å². The van der Waals surface area contributed by atoms with Crippen molar-refractivity contribution in [2.45, 2.75) is 0 Å². The molecule has 0 fully saturated rings. The number of hydrogen-bond donors (Lipinski definition) is 1. The molecule has 0 rings (SSSR count). The summed E-state index contributed by atoms with van der Waals surface area (Å²) in [4.78, 5) is 0. The first-order chi connectivity index (χ1) is 2.00. The first-order valence-electron chi connectivity index (χ1n) is 0.752. The van der Waals surface area contributed by atoms with E-state index in [1.165, 1.54) is 8.44 Å². The molecule has 34 valence electrons. The van der Waals surface area contributed by atoms with Crippen molar-refractivity contribution in [3.05, 3.63) is 0 Å². The van der Waals surface area contributed by atoms with Gasteiger partial charge in [-0.3, -0.25) is 4.55 Å². The van der Waals surface area contributed by atoms with Crippen molar-refractivity contribution < 1.29 is 33.3 Å². The van der Waals surface area contributed by atoms with Crippen molar-refractivity contribution in [3.8, 4) is 0 Å². The Morgan fingerprint density at radius 2 is 1.67 bits per heavy atom. The predicted molar refractivity (Wildman–Crippen MR) is 22.4 cm³/mol. The van der Waals surface area contributed by atoms with E-state index in [1.807, 2.05) is 0 Å². The summed E-state index contributed by atoms with van der Waals surface area (Å²) in [5, 5.41) is 0. The summed E-state index contributed by atoms with van der Waals surface area (Å²) < 4.78 is 25.8. The van der Waals surface area contributed by atoms with Crippen LogP contribution in [0.1, 0.15) is 1.43 Å². The molecule has 0 aliphatic heterocycles. The fraction of sp³-hybridized carbons (Fsp3) is 0. The zero-order valence-corrected chi connectivity index (χ0v) is 5.22. The summed E-state index contributed by atoms with van der Waals surface area (Å²) in [6.07, 6.45) is 0. The summed E-state index contributed by atoms with van der Waals surface area (Å²) in [7, 11) is -2.51. The molecule has 0 aromatic heterocycles. The van der Waals surface area contributed by atoms with Crippen LogP contribution < -0.4 is 18.9 Å². The molecule has 0 amide bonds. The first kappa shape index (κ1) is 10.0. The molecule has 0 saturated carbocycles. The van der Waals surface area contributed by atoms with Gasteiger partial charge in [0, 0.05) is 8.44 Å². The molecule has 0 bridgehead atoms. The molecule has 1 N–H and O–H groups in total. The fourth-order valence-corrected chi connectivity index (χ4v) is 0. The molecule has 0 heterocycles. The van der Waals surface area contributed by atoms with E-state index in [-0.39, 0.29) is 20.3 Å². The van der Waals surface area contributed by atoms with E-state index in [1.54, 1.807) is 0 Å². The molecule has 6 heavy (non-hydrogen) atoms. The van der Waals surface area contributed by atoms with Gasteiger partial charge >= 0.3 is 18.9 Å². The molecule has 3 nitrogen and oxygen atoms in total. The van der Waals surface area contributed by atoms with Crippen LogP contribution in [0.25, 0.3) is 0 Å². The van der Waals surface area contributed by atoms with E-state index in [4.69, 9.17) is 13.0 Å². The maximum Gasteiger partial charge on any atom is 1.00 e. The summed E-state index contributed by atoms with van der Waals surface area (Å²) in [6, 6.07) is 0. The largest absolute Gasteiger partial charge is 1.00 e. The summed E-state index contributed by atoms with van der Waals surface area (Å²) >= 11 is 0. The van der Waals surface area contributed by atoms with Crippen molar-refractivity contribution >= 4 is 18.2 Å². The average Bonchev–Trinajstić information content (AvgIpc) is 0.722. The van der Waals surface area contributed by atoms with Gasteiger partial charge in [-0.25, -0.2) is 0 Å². The first-order valence-corrected chi connectivity index (χ1v) is 3.67. The van der Waals surface area contributed by atoms with Crippen molar-refractivity contribution in [2.24, 2.45) is 0 Å². The minimum atomic E-state index is -3.75. The third kappa shape index (κ3) is 87.1. The van der Waals surface area contributed by atoms with Crippen LogP contribution in [0.3, 0.4) is 0 Å². The molecule has 6 heteroatoms. The van der Waals surface area contributed by atoms with Crippen LogP contribution in [0.5, 0.6) is 0 Å². The second kappa shape index (κ2) is 3.01. The van der Waals surface area contributed by atoms with Crippen LogP contribution in [0.4, 0.5) is 0 Å². The van der Waals surface area contributed by atoms with E-state index >= 15 is 0 Å². The molecule has 1 atom stereocenters. The van der Waals surface area contributed by atoms with Crippen molar-refractivity contribution in [3.63, 3.8) is 0 Å². The third-order valence-electron chi connectivity index (χ3n) is 0. The molecular formula is H4LiO3PS. The van der Waals surface area contributed by atoms with Crippen LogP contribution in [-0.2, 0) is 9.74 Å². The van der Waals surface area contributed by atoms with Gasteiger partial charge < -0.3 is 1.43 Å². The van der Waals surface area contributed by atoms with Crippen LogP contribution in [0.15, 0.2) is 0 Å². The second-order valence-corrected chi connectivity index (χ2v) is 3.33. The number of rotatable bonds is 0. The average molecular weight is 122 g/mol. The molecule has 0 spiro atoms. The van der Waals surface area contributed by atoms with Crippen LogP contribution in [0.2, 0.25) is 0 Å². The Balaban J connectivity index is -0.0000000800. The number of hydrogen-bond acceptors (Lipinski definition) is 2. The molecule has 0 radical (unpaired) electrons. The molecular weight excluding hydrogens is 118 g/mol. The normalized spacial score (nSPS) is 9.67. The maximum absolute atomic E-state index is 9.15. The monoisotopic (exact) mass is 122 g/mol. The SMILES string of the molecule is O=S(=O)(O)P.[H-].[Li+]. The van der Waals surface area contributed by atoms with E-state index in [9.17, 15) is 0 Å². The summed E-state index contributed by atoms with van der Waals surface area (Å²) in [6.45, 7) is 0. The maximum atomic E-state index is 9.15. The van der Waals surface area contributed by atoms with E-state index < -0.39 is 9.74 Å². The molecule has 0 aromatic carbocycles. The molecule has 0 aliphatic rings. The van der Waals surface area contributed by atoms with Gasteiger partial charge in [-0.15, -0.1) is 0 Å². The molecule has 1 unspecified atom stereocenters. The van der Waals surface area contributed by atoms with Gasteiger partial charge in [0.05, 0.1) is 0 Å². The van der Waals surface area contributed by atoms with Crippen LogP contribution >= 0.6 is 8.44 Å². The Hall–Kier alpha value is 0.937. The molecule has 0 saturated heterocycles. The van der Waals surface area contributed by atoms with Gasteiger partial charge in [0.1, 0.15) is 0 Å². The second-order valence-electron chi connectivity index (χ2n) is 0.515. The molecule has 0 aliphatic carbocycles. The van der Waals surface area contributed by atoms with Gasteiger partial charge in [0.2, 0.25) is 0 Å². The Morgan fingerprint density at radius 3 is 1.67 bits per heavy atom. The quantitative estimate of drug-likeness (QED) is 0.209. The van der Waals surface area contributed by atoms with Gasteiger partial charge in [-0.1, -0.05) is 0 Å². The third-order valence-corrected chi connectivity index (χ3v) is 0. The van der Waals surface area contributed by atoms with E-state index in [0.29, 0.717) is 0 Å². The Bertz CT molecular complexity index is 98.1. The van der Waals surface area contributed by atoms with E-state index in [0.717, 1.165) is 0 Å². The van der Waals surface area contributed by atoms with Crippen LogP contribution in [-0.4, -0.2) is 13.0 Å². The minimum Gasteiger partial charge on any atom is -1.00 e. The van der Waals surface area contributed by atoms with Gasteiger partial charge in [0.25, 0.3) is 9.74 Å². The Morgan fingerprint density at radius 1 is 1.67 bits per heavy atom. The summed E-state index contributed by atoms with van der Waals surface area (Å²) in [5.74, 6) is 0. The Labute approximate surface area is 51.9 Å². The Kier molecular flexibility index (Phi) is 5.03. The predicted octanol–water partition coefficient (Wildman–Crippen LogP) is -3.22. The van der Waals surface area contributed by atoms with Gasteiger partial charge in [-0.05, 0) is 0 Å². The topological polar surface area (TPSA) is 54.4 Å².